The van der Waals surface area contributed by atoms with Crippen molar-refractivity contribution in [3.63, 3.8) is 0 Å². The quantitative estimate of drug-likeness (QED) is 0.409. The second-order valence-corrected chi connectivity index (χ2v) is 2.39. The van der Waals surface area contributed by atoms with Gasteiger partial charge in [-0.1, -0.05) is 12.1 Å². The Labute approximate surface area is 71.0 Å². The van der Waals surface area contributed by atoms with E-state index in [1.165, 1.54) is 0 Å². The van der Waals surface area contributed by atoms with Crippen molar-refractivity contribution in [2.75, 3.05) is 0 Å². The van der Waals surface area contributed by atoms with E-state index in [1.807, 2.05) is 6.92 Å². The summed E-state index contributed by atoms with van der Waals surface area (Å²) >= 11 is 0. The Morgan fingerprint density at radius 1 is 1.67 bits per heavy atom. The maximum atomic E-state index is 8.60. The lowest BCUT2D eigenvalue weighted by Gasteiger charge is -1.99. The molecule has 1 aromatic rings. The Bertz CT molecular complexity index is 296. The van der Waals surface area contributed by atoms with Gasteiger partial charge in [-0.05, 0) is 19.4 Å². The van der Waals surface area contributed by atoms with Crippen molar-refractivity contribution >= 4 is 5.71 Å². The zero-order valence-electron chi connectivity index (χ0n) is 7.15. The molecule has 1 N–H and O–H groups in total. The zero-order valence-corrected chi connectivity index (χ0v) is 7.15. The van der Waals surface area contributed by atoms with Gasteiger partial charge in [0.25, 0.3) is 0 Å². The molecule has 12 heavy (non-hydrogen) atoms. The highest BCUT2D eigenvalue weighted by Crippen LogP contribution is 2.00. The van der Waals surface area contributed by atoms with Gasteiger partial charge in [-0.25, -0.2) is 9.97 Å². The van der Waals surface area contributed by atoms with E-state index >= 15 is 0 Å². The lowest BCUT2D eigenvalue weighted by atomic mass is 10.2. The molecule has 1 rings (SSSR count). The number of aromatic nitrogens is 2. The predicted octanol–water partition coefficient (Wildman–Crippen LogP) is 1.37. The summed E-state index contributed by atoms with van der Waals surface area (Å²) in [6, 6.07) is 1.73. The fourth-order valence-corrected chi connectivity index (χ4v) is 0.920. The molecule has 0 atom stereocenters. The number of nitrogens with zero attached hydrogens (tertiary/aromatic N) is 3. The van der Waals surface area contributed by atoms with Crippen molar-refractivity contribution in [2.45, 2.75) is 20.3 Å². The van der Waals surface area contributed by atoms with Gasteiger partial charge in [0, 0.05) is 6.20 Å². The zero-order chi connectivity index (χ0) is 8.97. The molecule has 0 aromatic carbocycles. The highest BCUT2D eigenvalue weighted by atomic mass is 16.4. The lowest BCUT2D eigenvalue weighted by Crippen LogP contribution is -2.03. The van der Waals surface area contributed by atoms with E-state index in [4.69, 9.17) is 5.21 Å². The van der Waals surface area contributed by atoms with Gasteiger partial charge in [0.2, 0.25) is 0 Å². The Balaban J connectivity index is 3.02. The van der Waals surface area contributed by atoms with E-state index < -0.39 is 0 Å². The van der Waals surface area contributed by atoms with Crippen LogP contribution in [-0.4, -0.2) is 20.9 Å². The lowest BCUT2D eigenvalue weighted by molar-refractivity contribution is 0.318. The minimum atomic E-state index is 0.584. The van der Waals surface area contributed by atoms with Crippen LogP contribution in [0.3, 0.4) is 0 Å². The van der Waals surface area contributed by atoms with Crippen LogP contribution >= 0.6 is 0 Å². The number of rotatable bonds is 2. The summed E-state index contributed by atoms with van der Waals surface area (Å²) in [7, 11) is 0. The molecule has 0 aliphatic rings. The molecule has 1 aromatic heterocycles. The predicted molar refractivity (Wildman–Crippen MR) is 45.4 cm³/mol. The molecule has 0 saturated carbocycles. The molecule has 0 spiro atoms. The van der Waals surface area contributed by atoms with Crippen LogP contribution in [-0.2, 0) is 0 Å². The van der Waals surface area contributed by atoms with E-state index in [-0.39, 0.29) is 0 Å². The van der Waals surface area contributed by atoms with Crippen LogP contribution in [0.4, 0.5) is 0 Å². The maximum Gasteiger partial charge on any atom is 0.125 e. The summed E-state index contributed by atoms with van der Waals surface area (Å²) in [4.78, 5) is 8.06. The van der Waals surface area contributed by atoms with Crippen LogP contribution in [0.1, 0.15) is 24.9 Å². The van der Waals surface area contributed by atoms with Crippen molar-refractivity contribution in [2.24, 2.45) is 5.16 Å². The van der Waals surface area contributed by atoms with Crippen LogP contribution in [0.5, 0.6) is 0 Å². The van der Waals surface area contributed by atoms with Gasteiger partial charge in [-0.15, -0.1) is 0 Å². The van der Waals surface area contributed by atoms with Crippen molar-refractivity contribution < 1.29 is 5.21 Å². The summed E-state index contributed by atoms with van der Waals surface area (Å²) in [5.41, 5.74) is 1.27. The molecule has 0 amide bonds. The third-order valence-corrected chi connectivity index (χ3v) is 1.53. The summed E-state index contributed by atoms with van der Waals surface area (Å²) in [5, 5.41) is 11.7. The van der Waals surface area contributed by atoms with Gasteiger partial charge in [-0.3, -0.25) is 0 Å². The van der Waals surface area contributed by atoms with Crippen molar-refractivity contribution in [1.82, 2.24) is 9.97 Å². The first-order valence-corrected chi connectivity index (χ1v) is 3.79. The first-order chi connectivity index (χ1) is 5.77. The Morgan fingerprint density at radius 2 is 2.42 bits per heavy atom. The summed E-state index contributed by atoms with van der Waals surface area (Å²) in [6.07, 6.45) is 2.31. The molecule has 0 fully saturated rings. The van der Waals surface area contributed by atoms with E-state index in [9.17, 15) is 0 Å². The first-order valence-electron chi connectivity index (χ1n) is 3.79. The van der Waals surface area contributed by atoms with Crippen LogP contribution in [0.25, 0.3) is 0 Å². The molecule has 64 valence electrons. The van der Waals surface area contributed by atoms with E-state index in [1.54, 1.807) is 19.2 Å². The van der Waals surface area contributed by atoms with Crippen molar-refractivity contribution in [3.8, 4) is 0 Å². The van der Waals surface area contributed by atoms with Gasteiger partial charge < -0.3 is 5.21 Å². The topological polar surface area (TPSA) is 58.4 Å². The molecular formula is C8H11N3O. The fraction of sp³-hybridized carbons (Fsp3) is 0.375. The second kappa shape index (κ2) is 3.80. The standard InChI is InChI=1S/C8H11N3O/c1-3-7(11-12)8-4-5-9-6(2)10-8/h4-5,12H,3H2,1-2H3/b11-7+. The SMILES string of the molecule is CC/C(=N\O)c1ccnc(C)n1. The molecule has 0 bridgehead atoms. The van der Waals surface area contributed by atoms with Gasteiger partial charge >= 0.3 is 0 Å². The van der Waals surface area contributed by atoms with E-state index in [2.05, 4.69) is 15.1 Å². The molecular weight excluding hydrogens is 154 g/mol. The molecule has 1 heterocycles. The third kappa shape index (κ3) is 1.78. The molecule has 4 heteroatoms. The van der Waals surface area contributed by atoms with Gasteiger partial charge in [0.1, 0.15) is 11.5 Å². The largest absolute Gasteiger partial charge is 0.411 e. The van der Waals surface area contributed by atoms with E-state index in [0.717, 1.165) is 0 Å². The number of oxime groups is 1. The van der Waals surface area contributed by atoms with Gasteiger partial charge in [0.15, 0.2) is 0 Å². The Morgan fingerprint density at radius 3 is 2.92 bits per heavy atom. The molecule has 0 radical (unpaired) electrons. The van der Waals surface area contributed by atoms with Crippen LogP contribution in [0.2, 0.25) is 0 Å². The third-order valence-electron chi connectivity index (χ3n) is 1.53. The Hall–Kier alpha value is -1.45. The molecule has 0 saturated heterocycles. The summed E-state index contributed by atoms with van der Waals surface area (Å²) in [5.74, 6) is 0.683. The smallest absolute Gasteiger partial charge is 0.125 e. The average Bonchev–Trinajstić information content (AvgIpc) is 2.07. The summed E-state index contributed by atoms with van der Waals surface area (Å²) in [6.45, 7) is 3.71. The Kier molecular flexibility index (Phi) is 2.74. The highest BCUT2D eigenvalue weighted by molar-refractivity contribution is 5.98. The van der Waals surface area contributed by atoms with Crippen molar-refractivity contribution in [3.05, 3.63) is 23.8 Å². The molecule has 0 aliphatic carbocycles. The molecule has 0 unspecified atom stereocenters. The second-order valence-electron chi connectivity index (χ2n) is 2.39. The average molecular weight is 165 g/mol. The van der Waals surface area contributed by atoms with Crippen LogP contribution in [0, 0.1) is 6.92 Å². The van der Waals surface area contributed by atoms with Gasteiger partial charge in [0.05, 0.1) is 5.69 Å². The monoisotopic (exact) mass is 165 g/mol. The highest BCUT2D eigenvalue weighted by Gasteiger charge is 2.02. The van der Waals surface area contributed by atoms with Gasteiger partial charge in [-0.2, -0.15) is 0 Å². The fourth-order valence-electron chi connectivity index (χ4n) is 0.920. The number of hydrogen-bond acceptors (Lipinski definition) is 4. The first kappa shape index (κ1) is 8.64. The summed E-state index contributed by atoms with van der Waals surface area (Å²) < 4.78 is 0. The maximum absolute atomic E-state index is 8.60. The normalized spacial score (nSPS) is 11.7. The minimum Gasteiger partial charge on any atom is -0.411 e. The number of hydrogen-bond donors (Lipinski definition) is 1. The van der Waals surface area contributed by atoms with E-state index in [0.29, 0.717) is 23.7 Å². The van der Waals surface area contributed by atoms with Crippen LogP contribution < -0.4 is 0 Å². The molecule has 4 nitrogen and oxygen atoms in total. The van der Waals surface area contributed by atoms with Crippen molar-refractivity contribution in [1.29, 1.82) is 0 Å². The van der Waals surface area contributed by atoms with Crippen LogP contribution in [0.15, 0.2) is 17.4 Å². The molecule has 0 aliphatic heterocycles. The number of aryl methyl sites for hydroxylation is 1. The minimum absolute atomic E-state index is 0.584.